The lowest BCUT2D eigenvalue weighted by atomic mass is 9.98. The fourth-order valence-electron chi connectivity index (χ4n) is 3.86. The van der Waals surface area contributed by atoms with Gasteiger partial charge in [0.25, 0.3) is 5.91 Å². The van der Waals surface area contributed by atoms with Gasteiger partial charge in [0, 0.05) is 11.3 Å². The van der Waals surface area contributed by atoms with Gasteiger partial charge >= 0.3 is 6.18 Å². The maximum Gasteiger partial charge on any atom is 0.419 e. The molecule has 0 aliphatic carbocycles. The first-order valence-electron chi connectivity index (χ1n) is 9.82. The number of rotatable bonds is 2. The van der Waals surface area contributed by atoms with Gasteiger partial charge in [0.1, 0.15) is 5.82 Å². The van der Waals surface area contributed by atoms with Crippen LogP contribution in [-0.4, -0.2) is 5.91 Å². The van der Waals surface area contributed by atoms with Gasteiger partial charge in [-0.15, -0.1) is 0 Å². The van der Waals surface area contributed by atoms with Gasteiger partial charge in [-0.3, -0.25) is 4.79 Å². The molecular formula is C26H15F4NO. The number of amides is 1. The maximum atomic E-state index is 13.5. The van der Waals surface area contributed by atoms with E-state index in [1.807, 2.05) is 36.4 Å². The summed E-state index contributed by atoms with van der Waals surface area (Å²) in [5, 5.41) is 8.50. The average Bonchev–Trinajstić information content (AvgIpc) is 2.76. The molecule has 5 aromatic carbocycles. The van der Waals surface area contributed by atoms with Gasteiger partial charge < -0.3 is 5.32 Å². The Hall–Kier alpha value is -3.93. The van der Waals surface area contributed by atoms with E-state index in [0.29, 0.717) is 12.1 Å². The summed E-state index contributed by atoms with van der Waals surface area (Å²) in [4.78, 5) is 12.7. The first kappa shape index (κ1) is 20.0. The summed E-state index contributed by atoms with van der Waals surface area (Å²) in [5.41, 5.74) is -1.27. The molecule has 0 unspecified atom stereocenters. The third-order valence-corrected chi connectivity index (χ3v) is 5.45. The van der Waals surface area contributed by atoms with Crippen molar-refractivity contribution in [3.8, 4) is 0 Å². The van der Waals surface area contributed by atoms with Crippen LogP contribution in [0.4, 0.5) is 23.2 Å². The first-order valence-corrected chi connectivity index (χ1v) is 9.82. The Balaban J connectivity index is 1.50. The predicted molar refractivity (Wildman–Crippen MR) is 118 cm³/mol. The summed E-state index contributed by atoms with van der Waals surface area (Å²) in [6, 6.07) is 23.7. The molecule has 1 amide bonds. The third-order valence-electron chi connectivity index (χ3n) is 5.45. The Labute approximate surface area is 180 Å². The standard InChI is InChI=1S/C26H15F4NO/c27-24-8-7-22(14-23(24)26(28,29)30)31-25(32)18-6-5-17-11-20-9-15-3-1-2-4-16(15)10-21(20)13-19(17)12-18/h1-14H,(H,31,32). The molecule has 0 radical (unpaired) electrons. The van der Waals surface area contributed by atoms with E-state index in [2.05, 4.69) is 17.4 Å². The fraction of sp³-hybridized carbons (Fsp3) is 0.0385. The van der Waals surface area contributed by atoms with Crippen LogP contribution >= 0.6 is 0 Å². The maximum absolute atomic E-state index is 13.5. The highest BCUT2D eigenvalue weighted by molar-refractivity contribution is 6.09. The van der Waals surface area contributed by atoms with Crippen molar-refractivity contribution in [3.63, 3.8) is 0 Å². The summed E-state index contributed by atoms with van der Waals surface area (Å²) in [6.45, 7) is 0. The molecule has 1 N–H and O–H groups in total. The van der Waals surface area contributed by atoms with Crippen molar-refractivity contribution >= 4 is 43.9 Å². The van der Waals surface area contributed by atoms with Crippen LogP contribution in [0.1, 0.15) is 15.9 Å². The van der Waals surface area contributed by atoms with Crippen LogP contribution < -0.4 is 5.32 Å². The molecule has 0 aliphatic heterocycles. The van der Waals surface area contributed by atoms with Crippen molar-refractivity contribution in [2.24, 2.45) is 0 Å². The van der Waals surface area contributed by atoms with Crippen molar-refractivity contribution in [1.29, 1.82) is 0 Å². The molecule has 0 bridgehead atoms. The van der Waals surface area contributed by atoms with Crippen molar-refractivity contribution < 1.29 is 22.4 Å². The van der Waals surface area contributed by atoms with Crippen molar-refractivity contribution in [3.05, 3.63) is 102 Å². The quantitative estimate of drug-likeness (QED) is 0.226. The highest BCUT2D eigenvalue weighted by Gasteiger charge is 2.34. The van der Waals surface area contributed by atoms with Crippen LogP contribution in [0.3, 0.4) is 0 Å². The van der Waals surface area contributed by atoms with Crippen LogP contribution in [0.2, 0.25) is 0 Å². The molecule has 32 heavy (non-hydrogen) atoms. The summed E-state index contributed by atoms with van der Waals surface area (Å²) in [5.74, 6) is -1.97. The molecule has 0 aromatic heterocycles. The van der Waals surface area contributed by atoms with Crippen LogP contribution in [0.15, 0.2) is 84.9 Å². The van der Waals surface area contributed by atoms with Crippen molar-refractivity contribution in [2.75, 3.05) is 5.32 Å². The molecule has 0 spiro atoms. The van der Waals surface area contributed by atoms with Crippen LogP contribution in [0, 0.1) is 5.82 Å². The summed E-state index contributed by atoms with van der Waals surface area (Å²) in [7, 11) is 0. The summed E-state index contributed by atoms with van der Waals surface area (Å²) in [6.07, 6.45) is -4.85. The molecule has 0 heterocycles. The molecule has 6 heteroatoms. The van der Waals surface area contributed by atoms with Gasteiger partial charge in [-0.25, -0.2) is 4.39 Å². The fourth-order valence-corrected chi connectivity index (χ4v) is 3.86. The molecule has 0 aliphatic rings. The van der Waals surface area contributed by atoms with E-state index in [0.717, 1.165) is 38.4 Å². The van der Waals surface area contributed by atoms with E-state index in [1.165, 1.54) is 0 Å². The molecule has 0 fully saturated rings. The zero-order chi connectivity index (χ0) is 22.5. The number of anilines is 1. The second-order valence-corrected chi connectivity index (χ2v) is 7.61. The van der Waals surface area contributed by atoms with Crippen LogP contribution in [0.5, 0.6) is 0 Å². The van der Waals surface area contributed by atoms with Gasteiger partial charge in [0.05, 0.1) is 5.56 Å². The lowest BCUT2D eigenvalue weighted by Gasteiger charge is -2.11. The molecule has 158 valence electrons. The normalized spacial score (nSPS) is 11.9. The van der Waals surface area contributed by atoms with E-state index in [-0.39, 0.29) is 11.3 Å². The Kier molecular flexibility index (Phi) is 4.59. The number of carbonyl (C=O) groups excluding carboxylic acids is 1. The Bertz CT molecular complexity index is 1520. The largest absolute Gasteiger partial charge is 0.419 e. The van der Waals surface area contributed by atoms with Gasteiger partial charge in [-0.2, -0.15) is 13.2 Å². The van der Waals surface area contributed by atoms with Gasteiger partial charge in [0.15, 0.2) is 0 Å². The number of carbonyl (C=O) groups is 1. The zero-order valence-electron chi connectivity index (χ0n) is 16.5. The number of halogens is 4. The first-order chi connectivity index (χ1) is 15.3. The topological polar surface area (TPSA) is 29.1 Å². The molecule has 0 saturated heterocycles. The van der Waals surface area contributed by atoms with Crippen LogP contribution in [0.25, 0.3) is 32.3 Å². The Morgan fingerprint density at radius 2 is 1.22 bits per heavy atom. The summed E-state index contributed by atoms with van der Waals surface area (Å²) < 4.78 is 52.3. The summed E-state index contributed by atoms with van der Waals surface area (Å²) >= 11 is 0. The predicted octanol–water partition coefficient (Wildman–Crippen LogP) is 7.56. The average molecular weight is 433 g/mol. The minimum absolute atomic E-state index is 0.131. The van der Waals surface area contributed by atoms with Crippen molar-refractivity contribution in [2.45, 2.75) is 6.18 Å². The van der Waals surface area contributed by atoms with Gasteiger partial charge in [-0.05, 0) is 86.9 Å². The van der Waals surface area contributed by atoms with Gasteiger partial charge in [-0.1, -0.05) is 30.3 Å². The Morgan fingerprint density at radius 1 is 0.656 bits per heavy atom. The number of nitrogens with one attached hydrogen (secondary N) is 1. The van der Waals surface area contributed by atoms with E-state index in [4.69, 9.17) is 0 Å². The van der Waals surface area contributed by atoms with E-state index < -0.39 is 23.5 Å². The number of hydrogen-bond acceptors (Lipinski definition) is 1. The van der Waals surface area contributed by atoms with Crippen LogP contribution in [-0.2, 0) is 6.18 Å². The molecule has 0 saturated carbocycles. The number of benzene rings is 5. The number of alkyl halides is 3. The smallest absolute Gasteiger partial charge is 0.322 e. The number of hydrogen-bond donors (Lipinski definition) is 1. The van der Waals surface area contributed by atoms with E-state index in [9.17, 15) is 22.4 Å². The monoisotopic (exact) mass is 433 g/mol. The highest BCUT2D eigenvalue weighted by atomic mass is 19.4. The SMILES string of the molecule is O=C(Nc1ccc(F)c(C(F)(F)F)c1)c1ccc2cc3cc4ccccc4cc3cc2c1. The van der Waals surface area contributed by atoms with E-state index in [1.54, 1.807) is 18.2 Å². The second kappa shape index (κ2) is 7.34. The van der Waals surface area contributed by atoms with E-state index >= 15 is 0 Å². The van der Waals surface area contributed by atoms with Crippen molar-refractivity contribution in [1.82, 2.24) is 0 Å². The molecule has 5 aromatic rings. The highest BCUT2D eigenvalue weighted by Crippen LogP contribution is 2.33. The molecule has 5 rings (SSSR count). The lowest BCUT2D eigenvalue weighted by Crippen LogP contribution is -2.14. The molecular weight excluding hydrogens is 418 g/mol. The number of fused-ring (bicyclic) bond motifs is 3. The Morgan fingerprint density at radius 3 is 1.84 bits per heavy atom. The second-order valence-electron chi connectivity index (χ2n) is 7.61. The molecule has 2 nitrogen and oxygen atoms in total. The third kappa shape index (κ3) is 3.64. The van der Waals surface area contributed by atoms with Gasteiger partial charge in [0.2, 0.25) is 0 Å². The molecule has 0 atom stereocenters. The lowest BCUT2D eigenvalue weighted by molar-refractivity contribution is -0.139. The zero-order valence-corrected chi connectivity index (χ0v) is 16.5. The minimum atomic E-state index is -4.85. The minimum Gasteiger partial charge on any atom is -0.322 e.